The molecule has 0 amide bonds. The largest absolute Gasteiger partial charge is 0.377 e. The van der Waals surface area contributed by atoms with Crippen molar-refractivity contribution in [2.45, 2.75) is 39.3 Å². The standard InChI is InChI=1S/C16H25FN2O/c1-3-5-18-11-13-8-14(17)10-16(9-13)19-6-7-20-12-15(19)4-2/h8-10,15,18H,3-7,11-12H2,1-2H3. The van der Waals surface area contributed by atoms with Crippen LogP contribution in [0, 0.1) is 5.82 Å². The lowest BCUT2D eigenvalue weighted by molar-refractivity contribution is 0.0929. The van der Waals surface area contributed by atoms with Gasteiger partial charge in [-0.15, -0.1) is 0 Å². The smallest absolute Gasteiger partial charge is 0.125 e. The first-order chi connectivity index (χ1) is 9.74. The first kappa shape index (κ1) is 15.3. The Balaban J connectivity index is 2.13. The highest BCUT2D eigenvalue weighted by atomic mass is 19.1. The quantitative estimate of drug-likeness (QED) is 0.811. The maximum atomic E-state index is 13.8. The molecule has 112 valence electrons. The fourth-order valence-electron chi connectivity index (χ4n) is 2.64. The molecule has 1 aromatic carbocycles. The molecule has 1 heterocycles. The van der Waals surface area contributed by atoms with Crippen LogP contribution in [0.3, 0.4) is 0 Å². The molecule has 1 N–H and O–H groups in total. The first-order valence-electron chi connectivity index (χ1n) is 7.59. The molecule has 1 aliphatic rings. The molecular formula is C16H25FN2O. The fourth-order valence-corrected chi connectivity index (χ4v) is 2.64. The van der Waals surface area contributed by atoms with Crippen LogP contribution < -0.4 is 10.2 Å². The van der Waals surface area contributed by atoms with Crippen molar-refractivity contribution in [1.82, 2.24) is 5.32 Å². The molecule has 1 aromatic rings. The van der Waals surface area contributed by atoms with Gasteiger partial charge in [-0.1, -0.05) is 13.8 Å². The van der Waals surface area contributed by atoms with Gasteiger partial charge in [-0.3, -0.25) is 0 Å². The van der Waals surface area contributed by atoms with Crippen LogP contribution >= 0.6 is 0 Å². The van der Waals surface area contributed by atoms with Gasteiger partial charge in [0.1, 0.15) is 5.82 Å². The zero-order valence-electron chi connectivity index (χ0n) is 12.5. The molecule has 0 spiro atoms. The normalized spacial score (nSPS) is 19.4. The Labute approximate surface area is 121 Å². The Morgan fingerprint density at radius 2 is 2.20 bits per heavy atom. The lowest BCUT2D eigenvalue weighted by Gasteiger charge is -2.37. The maximum absolute atomic E-state index is 13.8. The number of nitrogens with zero attached hydrogens (tertiary/aromatic N) is 1. The summed E-state index contributed by atoms with van der Waals surface area (Å²) < 4.78 is 19.4. The molecule has 3 nitrogen and oxygen atoms in total. The molecule has 0 radical (unpaired) electrons. The van der Waals surface area contributed by atoms with Crippen molar-refractivity contribution in [3.8, 4) is 0 Å². The minimum atomic E-state index is -0.155. The Hall–Kier alpha value is -1.13. The van der Waals surface area contributed by atoms with Crippen LogP contribution in [0.4, 0.5) is 10.1 Å². The first-order valence-corrected chi connectivity index (χ1v) is 7.59. The van der Waals surface area contributed by atoms with Gasteiger partial charge in [0.15, 0.2) is 0 Å². The van der Waals surface area contributed by atoms with E-state index in [4.69, 9.17) is 4.74 Å². The maximum Gasteiger partial charge on any atom is 0.125 e. The molecule has 20 heavy (non-hydrogen) atoms. The zero-order valence-corrected chi connectivity index (χ0v) is 12.5. The molecule has 2 rings (SSSR count). The van der Waals surface area contributed by atoms with E-state index in [1.807, 2.05) is 0 Å². The van der Waals surface area contributed by atoms with Crippen molar-refractivity contribution in [3.05, 3.63) is 29.6 Å². The van der Waals surface area contributed by atoms with Crippen LogP contribution in [0.25, 0.3) is 0 Å². The number of morpholine rings is 1. The van der Waals surface area contributed by atoms with E-state index in [-0.39, 0.29) is 5.82 Å². The monoisotopic (exact) mass is 280 g/mol. The van der Waals surface area contributed by atoms with Crippen molar-refractivity contribution in [3.63, 3.8) is 0 Å². The minimum absolute atomic E-state index is 0.155. The predicted molar refractivity (Wildman–Crippen MR) is 80.6 cm³/mol. The van der Waals surface area contributed by atoms with Gasteiger partial charge in [-0.05, 0) is 43.1 Å². The third-order valence-corrected chi connectivity index (χ3v) is 3.73. The van der Waals surface area contributed by atoms with E-state index < -0.39 is 0 Å². The van der Waals surface area contributed by atoms with Gasteiger partial charge in [0.2, 0.25) is 0 Å². The Bertz CT molecular complexity index is 425. The predicted octanol–water partition coefficient (Wildman–Crippen LogP) is 2.94. The van der Waals surface area contributed by atoms with Gasteiger partial charge in [-0.2, -0.15) is 0 Å². The summed E-state index contributed by atoms with van der Waals surface area (Å²) in [5.74, 6) is -0.155. The van der Waals surface area contributed by atoms with Gasteiger partial charge in [0, 0.05) is 18.8 Å². The van der Waals surface area contributed by atoms with E-state index in [1.165, 1.54) is 0 Å². The van der Waals surface area contributed by atoms with Crippen LogP contribution in [0.2, 0.25) is 0 Å². The number of ether oxygens (including phenoxy) is 1. The number of hydrogen-bond donors (Lipinski definition) is 1. The minimum Gasteiger partial charge on any atom is -0.377 e. The van der Waals surface area contributed by atoms with Crippen molar-refractivity contribution in [1.29, 1.82) is 0 Å². The fraction of sp³-hybridized carbons (Fsp3) is 0.625. The molecule has 0 aliphatic carbocycles. The van der Waals surface area contributed by atoms with Crippen LogP contribution in [0.15, 0.2) is 18.2 Å². The van der Waals surface area contributed by atoms with E-state index in [0.717, 1.165) is 56.9 Å². The number of anilines is 1. The van der Waals surface area contributed by atoms with E-state index in [1.54, 1.807) is 12.1 Å². The second kappa shape index (κ2) is 7.60. The number of rotatable bonds is 6. The third-order valence-electron chi connectivity index (χ3n) is 3.73. The second-order valence-electron chi connectivity index (χ2n) is 5.32. The molecular weight excluding hydrogens is 255 g/mol. The molecule has 4 heteroatoms. The molecule has 1 fully saturated rings. The Kier molecular flexibility index (Phi) is 5.80. The molecule has 1 saturated heterocycles. The molecule has 1 atom stereocenters. The highest BCUT2D eigenvalue weighted by Gasteiger charge is 2.22. The summed E-state index contributed by atoms with van der Waals surface area (Å²) in [7, 11) is 0. The van der Waals surface area contributed by atoms with Crippen LogP contribution in [-0.4, -0.2) is 32.3 Å². The van der Waals surface area contributed by atoms with Gasteiger partial charge in [0.05, 0.1) is 19.3 Å². The van der Waals surface area contributed by atoms with Crippen LogP contribution in [0.5, 0.6) is 0 Å². The van der Waals surface area contributed by atoms with Gasteiger partial charge in [0.25, 0.3) is 0 Å². The molecule has 0 aromatic heterocycles. The summed E-state index contributed by atoms with van der Waals surface area (Å²) in [5.41, 5.74) is 1.99. The average molecular weight is 280 g/mol. The Morgan fingerprint density at radius 3 is 2.95 bits per heavy atom. The highest BCUT2D eigenvalue weighted by molar-refractivity contribution is 5.50. The lowest BCUT2D eigenvalue weighted by atomic mass is 10.1. The number of nitrogens with one attached hydrogen (secondary N) is 1. The van der Waals surface area contributed by atoms with E-state index in [0.29, 0.717) is 6.04 Å². The lowest BCUT2D eigenvalue weighted by Crippen LogP contribution is -2.45. The summed E-state index contributed by atoms with van der Waals surface area (Å²) in [4.78, 5) is 2.27. The number of halogens is 1. The van der Waals surface area contributed by atoms with E-state index in [2.05, 4.69) is 30.1 Å². The van der Waals surface area contributed by atoms with Gasteiger partial charge < -0.3 is 15.0 Å². The number of benzene rings is 1. The topological polar surface area (TPSA) is 24.5 Å². The molecule has 1 aliphatic heterocycles. The summed E-state index contributed by atoms with van der Waals surface area (Å²) in [5, 5.41) is 3.32. The summed E-state index contributed by atoms with van der Waals surface area (Å²) in [6.07, 6.45) is 2.10. The van der Waals surface area contributed by atoms with Gasteiger partial charge >= 0.3 is 0 Å². The van der Waals surface area contributed by atoms with Crippen molar-refractivity contribution in [2.75, 3.05) is 31.2 Å². The SMILES string of the molecule is CCCNCc1cc(F)cc(N2CCOCC2CC)c1. The van der Waals surface area contributed by atoms with Crippen molar-refractivity contribution >= 4 is 5.69 Å². The third kappa shape index (κ3) is 3.93. The van der Waals surface area contributed by atoms with Crippen molar-refractivity contribution in [2.24, 2.45) is 0 Å². The highest BCUT2D eigenvalue weighted by Crippen LogP contribution is 2.24. The summed E-state index contributed by atoms with van der Waals surface area (Å²) in [6.45, 7) is 8.25. The molecule has 0 bridgehead atoms. The average Bonchev–Trinajstić information content (AvgIpc) is 2.47. The van der Waals surface area contributed by atoms with Crippen LogP contribution in [0.1, 0.15) is 32.3 Å². The van der Waals surface area contributed by atoms with Crippen LogP contribution in [-0.2, 0) is 11.3 Å². The molecule has 0 saturated carbocycles. The number of hydrogen-bond acceptors (Lipinski definition) is 3. The van der Waals surface area contributed by atoms with E-state index >= 15 is 0 Å². The Morgan fingerprint density at radius 1 is 1.35 bits per heavy atom. The molecule has 1 unspecified atom stereocenters. The zero-order chi connectivity index (χ0) is 14.4. The van der Waals surface area contributed by atoms with Gasteiger partial charge in [-0.25, -0.2) is 4.39 Å². The van der Waals surface area contributed by atoms with Crippen molar-refractivity contribution < 1.29 is 9.13 Å². The summed E-state index contributed by atoms with van der Waals surface area (Å²) >= 11 is 0. The summed E-state index contributed by atoms with van der Waals surface area (Å²) in [6, 6.07) is 5.70. The van der Waals surface area contributed by atoms with E-state index in [9.17, 15) is 4.39 Å². The second-order valence-corrected chi connectivity index (χ2v) is 5.32.